The standard InChI is InChI=1S/C15H18N2O/c1-12-3-2-4-14(13(12)9-16)17-10-15(11-17)5-7-18-8-6-15/h2-4H,5-8,10-11H2,1H3. The summed E-state index contributed by atoms with van der Waals surface area (Å²) in [5, 5.41) is 9.27. The van der Waals surface area contributed by atoms with Crippen LogP contribution in [0.3, 0.4) is 0 Å². The van der Waals surface area contributed by atoms with Crippen molar-refractivity contribution < 1.29 is 4.74 Å². The molecule has 3 heteroatoms. The van der Waals surface area contributed by atoms with E-state index in [0.717, 1.165) is 56.0 Å². The molecule has 0 aliphatic carbocycles. The monoisotopic (exact) mass is 242 g/mol. The average molecular weight is 242 g/mol. The number of ether oxygens (including phenoxy) is 1. The average Bonchev–Trinajstić information content (AvgIpc) is 2.36. The summed E-state index contributed by atoms with van der Waals surface area (Å²) in [6.45, 7) is 5.95. The highest BCUT2D eigenvalue weighted by Crippen LogP contribution is 2.43. The van der Waals surface area contributed by atoms with Gasteiger partial charge in [-0.15, -0.1) is 0 Å². The topological polar surface area (TPSA) is 36.3 Å². The van der Waals surface area contributed by atoms with Crippen molar-refractivity contribution in [1.82, 2.24) is 0 Å². The lowest BCUT2D eigenvalue weighted by molar-refractivity contribution is -0.000208. The molecule has 94 valence electrons. The van der Waals surface area contributed by atoms with Crippen molar-refractivity contribution in [2.24, 2.45) is 5.41 Å². The summed E-state index contributed by atoms with van der Waals surface area (Å²) in [5.41, 5.74) is 3.46. The summed E-state index contributed by atoms with van der Waals surface area (Å²) in [5.74, 6) is 0. The van der Waals surface area contributed by atoms with Crippen LogP contribution in [0.1, 0.15) is 24.0 Å². The molecule has 2 saturated heterocycles. The van der Waals surface area contributed by atoms with Crippen LogP contribution in [0.25, 0.3) is 0 Å². The predicted molar refractivity (Wildman–Crippen MR) is 70.6 cm³/mol. The van der Waals surface area contributed by atoms with E-state index in [0.29, 0.717) is 5.41 Å². The third-order valence-electron chi connectivity index (χ3n) is 4.31. The van der Waals surface area contributed by atoms with Crippen molar-refractivity contribution >= 4 is 5.69 Å². The van der Waals surface area contributed by atoms with E-state index in [4.69, 9.17) is 4.74 Å². The van der Waals surface area contributed by atoms with Gasteiger partial charge in [0.05, 0.1) is 11.3 Å². The first-order valence-corrected chi connectivity index (χ1v) is 6.57. The van der Waals surface area contributed by atoms with Gasteiger partial charge in [0.2, 0.25) is 0 Å². The fourth-order valence-electron chi connectivity index (χ4n) is 3.12. The van der Waals surface area contributed by atoms with Gasteiger partial charge in [0.1, 0.15) is 6.07 Å². The quantitative estimate of drug-likeness (QED) is 0.759. The number of rotatable bonds is 1. The molecule has 0 bridgehead atoms. The summed E-state index contributed by atoms with van der Waals surface area (Å²) in [4.78, 5) is 2.34. The molecule has 0 radical (unpaired) electrons. The van der Waals surface area contributed by atoms with Gasteiger partial charge in [-0.1, -0.05) is 12.1 Å². The Morgan fingerprint density at radius 2 is 2.00 bits per heavy atom. The predicted octanol–water partition coefficient (Wildman–Crippen LogP) is 2.48. The Kier molecular flexibility index (Phi) is 2.76. The van der Waals surface area contributed by atoms with E-state index in [-0.39, 0.29) is 0 Å². The Labute approximate surface area is 108 Å². The molecule has 0 N–H and O–H groups in total. The van der Waals surface area contributed by atoms with Crippen LogP contribution < -0.4 is 4.90 Å². The smallest absolute Gasteiger partial charge is 0.102 e. The molecule has 3 nitrogen and oxygen atoms in total. The Hall–Kier alpha value is -1.53. The number of aryl methyl sites for hydroxylation is 1. The molecule has 0 saturated carbocycles. The summed E-state index contributed by atoms with van der Waals surface area (Å²) in [7, 11) is 0. The number of nitriles is 1. The number of hydrogen-bond donors (Lipinski definition) is 0. The van der Waals surface area contributed by atoms with Gasteiger partial charge < -0.3 is 9.64 Å². The fourth-order valence-corrected chi connectivity index (χ4v) is 3.12. The molecule has 0 aromatic heterocycles. The molecule has 0 unspecified atom stereocenters. The lowest BCUT2D eigenvalue weighted by atomic mass is 9.73. The van der Waals surface area contributed by atoms with Crippen LogP contribution >= 0.6 is 0 Å². The van der Waals surface area contributed by atoms with Crippen LogP contribution in [0.4, 0.5) is 5.69 Å². The van der Waals surface area contributed by atoms with Crippen molar-refractivity contribution in [3.05, 3.63) is 29.3 Å². The highest BCUT2D eigenvalue weighted by atomic mass is 16.5. The maximum absolute atomic E-state index is 9.27. The van der Waals surface area contributed by atoms with Gasteiger partial charge in [-0.25, -0.2) is 0 Å². The molecular formula is C15H18N2O. The third kappa shape index (κ3) is 1.77. The zero-order valence-electron chi connectivity index (χ0n) is 10.8. The maximum atomic E-state index is 9.27. The molecule has 0 atom stereocenters. The zero-order valence-corrected chi connectivity index (χ0v) is 10.8. The number of hydrogen-bond acceptors (Lipinski definition) is 3. The van der Waals surface area contributed by atoms with Crippen molar-refractivity contribution in [1.29, 1.82) is 5.26 Å². The number of nitrogens with zero attached hydrogens (tertiary/aromatic N) is 2. The molecule has 18 heavy (non-hydrogen) atoms. The number of benzene rings is 1. The first-order chi connectivity index (χ1) is 8.74. The van der Waals surface area contributed by atoms with E-state index in [1.165, 1.54) is 0 Å². The second kappa shape index (κ2) is 4.29. The van der Waals surface area contributed by atoms with E-state index in [1.54, 1.807) is 0 Å². The van der Waals surface area contributed by atoms with Crippen LogP contribution in [0.2, 0.25) is 0 Å². The lowest BCUT2D eigenvalue weighted by Crippen LogP contribution is -2.58. The minimum absolute atomic E-state index is 0.453. The molecule has 2 heterocycles. The summed E-state index contributed by atoms with van der Waals surface area (Å²) < 4.78 is 5.43. The SMILES string of the molecule is Cc1cccc(N2CC3(CCOCC3)C2)c1C#N. The van der Waals surface area contributed by atoms with Crippen LogP contribution in [-0.2, 0) is 4.74 Å². The zero-order chi connectivity index (χ0) is 12.6. The van der Waals surface area contributed by atoms with E-state index < -0.39 is 0 Å². The van der Waals surface area contributed by atoms with Gasteiger partial charge in [-0.05, 0) is 31.4 Å². The Balaban J connectivity index is 1.79. The summed E-state index contributed by atoms with van der Waals surface area (Å²) in [6.07, 6.45) is 2.33. The van der Waals surface area contributed by atoms with E-state index in [1.807, 2.05) is 19.1 Å². The van der Waals surface area contributed by atoms with Gasteiger partial charge in [-0.3, -0.25) is 0 Å². The molecule has 2 aliphatic rings. The van der Waals surface area contributed by atoms with Crippen molar-refractivity contribution in [3.8, 4) is 6.07 Å². The van der Waals surface area contributed by atoms with Gasteiger partial charge in [-0.2, -0.15) is 5.26 Å². The second-order valence-electron chi connectivity index (χ2n) is 5.55. The lowest BCUT2D eigenvalue weighted by Gasteiger charge is -2.53. The fraction of sp³-hybridized carbons (Fsp3) is 0.533. The highest BCUT2D eigenvalue weighted by Gasteiger charge is 2.44. The third-order valence-corrected chi connectivity index (χ3v) is 4.31. The Morgan fingerprint density at radius 3 is 2.67 bits per heavy atom. The van der Waals surface area contributed by atoms with E-state index in [2.05, 4.69) is 17.0 Å². The highest BCUT2D eigenvalue weighted by molar-refractivity contribution is 5.64. The van der Waals surface area contributed by atoms with Crippen molar-refractivity contribution in [3.63, 3.8) is 0 Å². The van der Waals surface area contributed by atoms with Gasteiger partial charge in [0.25, 0.3) is 0 Å². The summed E-state index contributed by atoms with van der Waals surface area (Å²) in [6, 6.07) is 8.45. The molecular weight excluding hydrogens is 224 g/mol. The second-order valence-corrected chi connectivity index (χ2v) is 5.55. The maximum Gasteiger partial charge on any atom is 0.102 e. The molecule has 3 rings (SSSR count). The van der Waals surface area contributed by atoms with Gasteiger partial charge >= 0.3 is 0 Å². The Morgan fingerprint density at radius 1 is 1.28 bits per heavy atom. The van der Waals surface area contributed by atoms with E-state index >= 15 is 0 Å². The minimum Gasteiger partial charge on any atom is -0.381 e. The first kappa shape index (κ1) is 11.6. The van der Waals surface area contributed by atoms with Gasteiger partial charge in [0.15, 0.2) is 0 Å². The van der Waals surface area contributed by atoms with E-state index in [9.17, 15) is 5.26 Å². The van der Waals surface area contributed by atoms with Crippen LogP contribution in [-0.4, -0.2) is 26.3 Å². The molecule has 1 aromatic rings. The Bertz CT molecular complexity index is 490. The molecule has 1 aromatic carbocycles. The molecule has 0 amide bonds. The van der Waals surface area contributed by atoms with Crippen LogP contribution in [0.15, 0.2) is 18.2 Å². The minimum atomic E-state index is 0.453. The van der Waals surface area contributed by atoms with Crippen LogP contribution in [0, 0.1) is 23.7 Å². The largest absolute Gasteiger partial charge is 0.381 e. The normalized spacial score (nSPS) is 21.4. The van der Waals surface area contributed by atoms with Crippen molar-refractivity contribution in [2.75, 3.05) is 31.2 Å². The molecule has 1 spiro atoms. The first-order valence-electron chi connectivity index (χ1n) is 6.57. The van der Waals surface area contributed by atoms with Crippen molar-refractivity contribution in [2.45, 2.75) is 19.8 Å². The van der Waals surface area contributed by atoms with Gasteiger partial charge in [0, 0.05) is 31.7 Å². The summed E-state index contributed by atoms with van der Waals surface area (Å²) >= 11 is 0. The number of anilines is 1. The molecule has 2 fully saturated rings. The molecule has 2 aliphatic heterocycles. The van der Waals surface area contributed by atoms with Crippen LogP contribution in [0.5, 0.6) is 0 Å².